The van der Waals surface area contributed by atoms with Gasteiger partial charge in [0.2, 0.25) is 5.91 Å². The highest BCUT2D eigenvalue weighted by Gasteiger charge is 2.20. The molecule has 1 atom stereocenters. The second-order valence-corrected chi connectivity index (χ2v) is 5.87. The van der Waals surface area contributed by atoms with Gasteiger partial charge < -0.3 is 5.32 Å². The molecule has 0 aliphatic heterocycles. The van der Waals surface area contributed by atoms with Crippen LogP contribution < -0.4 is 5.32 Å². The maximum Gasteiger partial charge on any atom is 0.234 e. The first-order chi connectivity index (χ1) is 9.90. The maximum absolute atomic E-state index is 12.0. The topological polar surface area (TPSA) is 49.4 Å². The Morgan fingerprint density at radius 3 is 2.33 bits per heavy atom. The van der Waals surface area contributed by atoms with Crippen molar-refractivity contribution in [3.63, 3.8) is 0 Å². The molecule has 1 N–H and O–H groups in total. The van der Waals surface area contributed by atoms with Crippen LogP contribution in [0.3, 0.4) is 0 Å². The van der Waals surface area contributed by atoms with E-state index in [9.17, 15) is 9.59 Å². The van der Waals surface area contributed by atoms with Crippen molar-refractivity contribution in [2.75, 3.05) is 20.1 Å². The number of nitrogens with one attached hydrogen (secondary N) is 1. The molecule has 0 aliphatic rings. The van der Waals surface area contributed by atoms with Gasteiger partial charge in [-0.05, 0) is 31.9 Å². The SMILES string of the molecule is CC(=O)C(NC(=O)CN(C)CCc1ccccc1)C(C)C. The lowest BCUT2D eigenvalue weighted by molar-refractivity contribution is -0.128. The monoisotopic (exact) mass is 290 g/mol. The van der Waals surface area contributed by atoms with Crippen LogP contribution in [0.5, 0.6) is 0 Å². The fourth-order valence-electron chi connectivity index (χ4n) is 2.25. The second kappa shape index (κ2) is 8.57. The Kier molecular flexibility index (Phi) is 7.09. The quantitative estimate of drug-likeness (QED) is 0.795. The van der Waals surface area contributed by atoms with E-state index in [4.69, 9.17) is 0 Å². The van der Waals surface area contributed by atoms with E-state index in [1.54, 1.807) is 0 Å². The maximum atomic E-state index is 12.0. The predicted molar refractivity (Wildman–Crippen MR) is 85.1 cm³/mol. The minimum Gasteiger partial charge on any atom is -0.345 e. The van der Waals surface area contributed by atoms with Crippen LogP contribution in [0.15, 0.2) is 30.3 Å². The summed E-state index contributed by atoms with van der Waals surface area (Å²) in [6.45, 7) is 6.51. The Bertz CT molecular complexity index is 457. The van der Waals surface area contributed by atoms with Crippen molar-refractivity contribution < 1.29 is 9.59 Å². The molecule has 0 spiro atoms. The molecule has 0 saturated carbocycles. The van der Waals surface area contributed by atoms with E-state index >= 15 is 0 Å². The molecule has 0 saturated heterocycles. The Hall–Kier alpha value is -1.68. The number of nitrogens with zero attached hydrogens (tertiary/aromatic N) is 1. The average molecular weight is 290 g/mol. The van der Waals surface area contributed by atoms with Crippen molar-refractivity contribution in [3.05, 3.63) is 35.9 Å². The number of carbonyl (C=O) groups excluding carboxylic acids is 2. The molecular formula is C17H26N2O2. The van der Waals surface area contributed by atoms with Crippen LogP contribution in [-0.4, -0.2) is 42.8 Å². The Balaban J connectivity index is 2.38. The van der Waals surface area contributed by atoms with Gasteiger partial charge in [-0.2, -0.15) is 0 Å². The van der Waals surface area contributed by atoms with Gasteiger partial charge in [0.15, 0.2) is 5.78 Å². The van der Waals surface area contributed by atoms with Gasteiger partial charge in [-0.25, -0.2) is 0 Å². The number of ketones is 1. The summed E-state index contributed by atoms with van der Waals surface area (Å²) in [7, 11) is 1.92. The number of benzene rings is 1. The average Bonchev–Trinajstić information content (AvgIpc) is 2.43. The van der Waals surface area contributed by atoms with Crippen molar-refractivity contribution in [2.45, 2.75) is 33.2 Å². The van der Waals surface area contributed by atoms with Gasteiger partial charge in [0.05, 0.1) is 12.6 Å². The first-order valence-electron chi connectivity index (χ1n) is 7.42. The van der Waals surface area contributed by atoms with Crippen LogP contribution in [0.4, 0.5) is 0 Å². The number of carbonyl (C=O) groups is 2. The fourth-order valence-corrected chi connectivity index (χ4v) is 2.25. The van der Waals surface area contributed by atoms with Crippen molar-refractivity contribution >= 4 is 11.7 Å². The minimum atomic E-state index is -0.389. The van der Waals surface area contributed by atoms with Gasteiger partial charge in [-0.1, -0.05) is 44.2 Å². The smallest absolute Gasteiger partial charge is 0.234 e. The molecule has 0 heterocycles. The standard InChI is InChI=1S/C17H26N2O2/c1-13(2)17(14(3)20)18-16(21)12-19(4)11-10-15-8-6-5-7-9-15/h5-9,13,17H,10-12H2,1-4H3,(H,18,21). The van der Waals surface area contributed by atoms with Gasteiger partial charge in [-0.3, -0.25) is 14.5 Å². The summed E-state index contributed by atoms with van der Waals surface area (Å²) in [5, 5.41) is 2.81. The molecule has 0 aliphatic carbocycles. The van der Waals surface area contributed by atoms with Crippen molar-refractivity contribution in [3.8, 4) is 0 Å². The molecule has 1 rings (SSSR count). The largest absolute Gasteiger partial charge is 0.345 e. The van der Waals surface area contributed by atoms with E-state index in [1.165, 1.54) is 12.5 Å². The van der Waals surface area contributed by atoms with Crippen molar-refractivity contribution in [2.24, 2.45) is 5.92 Å². The van der Waals surface area contributed by atoms with E-state index in [1.807, 2.05) is 44.0 Å². The molecule has 1 aromatic rings. The normalized spacial score (nSPS) is 12.5. The molecule has 1 unspecified atom stereocenters. The van der Waals surface area contributed by atoms with Crippen LogP contribution >= 0.6 is 0 Å². The molecular weight excluding hydrogens is 264 g/mol. The highest BCUT2D eigenvalue weighted by molar-refractivity contribution is 5.88. The molecule has 0 bridgehead atoms. The Morgan fingerprint density at radius 1 is 1.19 bits per heavy atom. The number of hydrogen-bond donors (Lipinski definition) is 1. The van der Waals surface area contributed by atoms with Gasteiger partial charge in [-0.15, -0.1) is 0 Å². The zero-order valence-electron chi connectivity index (χ0n) is 13.4. The van der Waals surface area contributed by atoms with Gasteiger partial charge >= 0.3 is 0 Å². The highest BCUT2D eigenvalue weighted by atomic mass is 16.2. The molecule has 1 amide bonds. The van der Waals surface area contributed by atoms with Crippen LogP contribution in [0.1, 0.15) is 26.3 Å². The van der Waals surface area contributed by atoms with E-state index in [0.29, 0.717) is 6.54 Å². The van der Waals surface area contributed by atoms with Crippen LogP contribution in [0.2, 0.25) is 0 Å². The van der Waals surface area contributed by atoms with Crippen LogP contribution in [0.25, 0.3) is 0 Å². The first-order valence-corrected chi connectivity index (χ1v) is 7.42. The molecule has 4 heteroatoms. The summed E-state index contributed by atoms with van der Waals surface area (Å²) in [6.07, 6.45) is 0.908. The molecule has 0 aromatic heterocycles. The Morgan fingerprint density at radius 2 is 1.81 bits per heavy atom. The van der Waals surface area contributed by atoms with Crippen molar-refractivity contribution in [1.29, 1.82) is 0 Å². The summed E-state index contributed by atoms with van der Waals surface area (Å²) in [5.74, 6) is 0.0193. The van der Waals surface area contributed by atoms with Crippen LogP contribution in [0, 0.1) is 5.92 Å². The lowest BCUT2D eigenvalue weighted by Crippen LogP contribution is -2.47. The minimum absolute atomic E-state index is 0.00490. The molecule has 116 valence electrons. The van der Waals surface area contributed by atoms with E-state index < -0.39 is 0 Å². The lowest BCUT2D eigenvalue weighted by atomic mass is 10.0. The molecule has 21 heavy (non-hydrogen) atoms. The predicted octanol–water partition coefficient (Wildman–Crippen LogP) is 1.89. The molecule has 0 fully saturated rings. The third-order valence-corrected chi connectivity index (χ3v) is 3.46. The van der Waals surface area contributed by atoms with Gasteiger partial charge in [0, 0.05) is 6.54 Å². The summed E-state index contributed by atoms with van der Waals surface area (Å²) in [6, 6.07) is 9.80. The lowest BCUT2D eigenvalue weighted by Gasteiger charge is -2.22. The number of hydrogen-bond acceptors (Lipinski definition) is 3. The molecule has 4 nitrogen and oxygen atoms in total. The summed E-state index contributed by atoms with van der Waals surface area (Å²) >= 11 is 0. The zero-order chi connectivity index (χ0) is 15.8. The summed E-state index contributed by atoms with van der Waals surface area (Å²) < 4.78 is 0. The second-order valence-electron chi connectivity index (χ2n) is 5.87. The van der Waals surface area contributed by atoms with Gasteiger partial charge in [0.1, 0.15) is 0 Å². The zero-order valence-corrected chi connectivity index (χ0v) is 13.4. The van der Waals surface area contributed by atoms with Crippen molar-refractivity contribution in [1.82, 2.24) is 10.2 Å². The number of likely N-dealkylation sites (N-methyl/N-ethyl adjacent to an activating group) is 1. The third kappa shape index (κ3) is 6.54. The van der Waals surface area contributed by atoms with E-state index in [0.717, 1.165) is 13.0 Å². The number of rotatable bonds is 8. The summed E-state index contributed by atoms with van der Waals surface area (Å²) in [5.41, 5.74) is 1.26. The Labute approximate surface area is 127 Å². The summed E-state index contributed by atoms with van der Waals surface area (Å²) in [4.78, 5) is 25.4. The molecule has 1 aromatic carbocycles. The molecule has 0 radical (unpaired) electrons. The highest BCUT2D eigenvalue weighted by Crippen LogP contribution is 2.03. The third-order valence-electron chi connectivity index (χ3n) is 3.46. The van der Waals surface area contributed by atoms with Crippen LogP contribution in [-0.2, 0) is 16.0 Å². The number of Topliss-reactive ketones (excluding diaryl/α,β-unsaturated/α-hetero) is 1. The van der Waals surface area contributed by atoms with Gasteiger partial charge in [0.25, 0.3) is 0 Å². The van der Waals surface area contributed by atoms with E-state index in [-0.39, 0.29) is 23.7 Å². The van der Waals surface area contributed by atoms with E-state index in [2.05, 4.69) is 17.4 Å². The first kappa shape index (κ1) is 17.4. The fraction of sp³-hybridized carbons (Fsp3) is 0.529. The number of amides is 1.